The zero-order valence-corrected chi connectivity index (χ0v) is 15.1. The molecule has 1 aromatic carbocycles. The molecule has 3 aliphatic rings. The molecule has 0 saturated carbocycles. The third-order valence-electron chi connectivity index (χ3n) is 5.71. The SMILES string of the molecule is O=C(C[C@H]1CC[C@@H]2NC[C@@H](O)COC[C@H]2O1)N1CCc2ccccc2C1. The van der Waals surface area contributed by atoms with Gasteiger partial charge < -0.3 is 24.8 Å². The van der Waals surface area contributed by atoms with E-state index >= 15 is 0 Å². The second-order valence-electron chi connectivity index (χ2n) is 7.62. The smallest absolute Gasteiger partial charge is 0.225 e. The van der Waals surface area contributed by atoms with Gasteiger partial charge in [-0.3, -0.25) is 4.79 Å². The van der Waals surface area contributed by atoms with E-state index in [9.17, 15) is 9.90 Å². The second kappa shape index (κ2) is 8.05. The first-order chi connectivity index (χ1) is 12.7. The highest BCUT2D eigenvalue weighted by atomic mass is 16.5. The lowest BCUT2D eigenvalue weighted by atomic mass is 9.95. The van der Waals surface area contributed by atoms with Crippen LogP contribution in [-0.2, 0) is 27.2 Å². The Labute approximate surface area is 154 Å². The third-order valence-corrected chi connectivity index (χ3v) is 5.71. The van der Waals surface area contributed by atoms with Crippen LogP contribution in [0.2, 0.25) is 0 Å². The monoisotopic (exact) mass is 360 g/mol. The number of aliphatic hydroxyl groups excluding tert-OH is 1. The van der Waals surface area contributed by atoms with Crippen LogP contribution in [0, 0.1) is 0 Å². The van der Waals surface area contributed by atoms with Crippen molar-refractivity contribution in [2.75, 3.05) is 26.3 Å². The number of β-amino-alcohol motifs (C(OH)–C–C–N with tert-alkyl or cyclic N) is 1. The first kappa shape index (κ1) is 17.9. The van der Waals surface area contributed by atoms with Gasteiger partial charge in [0.2, 0.25) is 5.91 Å². The molecule has 3 aliphatic heterocycles. The highest BCUT2D eigenvalue weighted by Crippen LogP contribution is 2.25. The minimum absolute atomic E-state index is 0.0452. The van der Waals surface area contributed by atoms with Crippen molar-refractivity contribution in [3.8, 4) is 0 Å². The largest absolute Gasteiger partial charge is 0.389 e. The number of hydrogen-bond donors (Lipinski definition) is 2. The summed E-state index contributed by atoms with van der Waals surface area (Å²) in [6, 6.07) is 8.56. The maximum absolute atomic E-state index is 12.8. The van der Waals surface area contributed by atoms with E-state index in [0.29, 0.717) is 32.7 Å². The number of carbonyl (C=O) groups excluding carboxylic acids is 1. The van der Waals surface area contributed by atoms with Crippen LogP contribution in [0.4, 0.5) is 0 Å². The van der Waals surface area contributed by atoms with Gasteiger partial charge in [-0.25, -0.2) is 0 Å². The van der Waals surface area contributed by atoms with Crippen LogP contribution in [0.15, 0.2) is 24.3 Å². The van der Waals surface area contributed by atoms with Gasteiger partial charge in [-0.2, -0.15) is 0 Å². The molecule has 0 aliphatic carbocycles. The number of rotatable bonds is 2. The number of aliphatic hydroxyl groups is 1. The van der Waals surface area contributed by atoms with Gasteiger partial charge in [0.25, 0.3) is 0 Å². The van der Waals surface area contributed by atoms with Crippen molar-refractivity contribution >= 4 is 5.91 Å². The molecule has 26 heavy (non-hydrogen) atoms. The molecule has 0 bridgehead atoms. The molecule has 0 spiro atoms. The zero-order valence-electron chi connectivity index (χ0n) is 15.1. The van der Waals surface area contributed by atoms with Crippen LogP contribution in [0.25, 0.3) is 0 Å². The van der Waals surface area contributed by atoms with E-state index in [-0.39, 0.29) is 24.2 Å². The summed E-state index contributed by atoms with van der Waals surface area (Å²) in [6.07, 6.45) is 2.62. The van der Waals surface area contributed by atoms with Crippen molar-refractivity contribution in [1.82, 2.24) is 10.2 Å². The van der Waals surface area contributed by atoms with E-state index in [1.54, 1.807) is 0 Å². The Bertz CT molecular complexity index is 638. The number of ether oxygens (including phenoxy) is 2. The van der Waals surface area contributed by atoms with Crippen molar-refractivity contribution in [1.29, 1.82) is 0 Å². The summed E-state index contributed by atoms with van der Waals surface area (Å²) in [5, 5.41) is 13.1. The molecule has 4 rings (SSSR count). The fourth-order valence-electron chi connectivity index (χ4n) is 4.20. The van der Waals surface area contributed by atoms with Gasteiger partial charge in [0, 0.05) is 25.7 Å². The Balaban J connectivity index is 1.31. The Morgan fingerprint density at radius 1 is 1.23 bits per heavy atom. The van der Waals surface area contributed by atoms with E-state index in [0.717, 1.165) is 25.8 Å². The molecule has 6 heteroatoms. The first-order valence-corrected chi connectivity index (χ1v) is 9.68. The summed E-state index contributed by atoms with van der Waals surface area (Å²) in [5.41, 5.74) is 2.61. The maximum Gasteiger partial charge on any atom is 0.225 e. The van der Waals surface area contributed by atoms with Crippen LogP contribution in [0.1, 0.15) is 30.4 Å². The van der Waals surface area contributed by atoms with E-state index in [4.69, 9.17) is 9.47 Å². The van der Waals surface area contributed by atoms with Crippen molar-refractivity contribution in [2.45, 2.75) is 56.6 Å². The molecule has 0 radical (unpaired) electrons. The first-order valence-electron chi connectivity index (χ1n) is 9.68. The molecule has 0 unspecified atom stereocenters. The normalized spacial score (nSPS) is 32.1. The van der Waals surface area contributed by atoms with Crippen LogP contribution in [-0.4, -0.2) is 66.6 Å². The Morgan fingerprint density at radius 3 is 2.96 bits per heavy atom. The lowest BCUT2D eigenvalue weighted by molar-refractivity contribution is -0.145. The number of benzene rings is 1. The zero-order chi connectivity index (χ0) is 17.9. The molecule has 4 atom stereocenters. The molecule has 1 amide bonds. The van der Waals surface area contributed by atoms with E-state index in [1.165, 1.54) is 11.1 Å². The summed E-state index contributed by atoms with van der Waals surface area (Å²) in [7, 11) is 0. The molecule has 2 N–H and O–H groups in total. The van der Waals surface area contributed by atoms with Gasteiger partial charge in [0.1, 0.15) is 0 Å². The summed E-state index contributed by atoms with van der Waals surface area (Å²) in [5.74, 6) is 0.179. The molecule has 2 saturated heterocycles. The summed E-state index contributed by atoms with van der Waals surface area (Å²) in [6.45, 7) is 2.82. The van der Waals surface area contributed by atoms with Gasteiger partial charge in [-0.15, -0.1) is 0 Å². The molecule has 6 nitrogen and oxygen atoms in total. The average molecular weight is 360 g/mol. The number of fused-ring (bicyclic) bond motifs is 2. The minimum Gasteiger partial charge on any atom is -0.389 e. The number of carbonyl (C=O) groups is 1. The molecule has 3 heterocycles. The number of amides is 1. The summed E-state index contributed by atoms with van der Waals surface area (Å²) < 4.78 is 11.7. The van der Waals surface area contributed by atoms with Gasteiger partial charge in [-0.1, -0.05) is 24.3 Å². The van der Waals surface area contributed by atoms with Crippen LogP contribution in [0.3, 0.4) is 0 Å². The highest BCUT2D eigenvalue weighted by molar-refractivity contribution is 5.77. The topological polar surface area (TPSA) is 71.0 Å². The molecule has 1 aromatic rings. The lowest BCUT2D eigenvalue weighted by Crippen LogP contribution is -2.54. The second-order valence-corrected chi connectivity index (χ2v) is 7.62. The fourth-order valence-corrected chi connectivity index (χ4v) is 4.20. The molecule has 2 fully saturated rings. The average Bonchev–Trinajstić information content (AvgIpc) is 2.65. The molecule has 0 aromatic heterocycles. The van der Waals surface area contributed by atoms with Crippen molar-refractivity contribution in [2.24, 2.45) is 0 Å². The van der Waals surface area contributed by atoms with E-state index in [1.807, 2.05) is 11.0 Å². The van der Waals surface area contributed by atoms with Gasteiger partial charge in [-0.05, 0) is 30.4 Å². The molecular weight excluding hydrogens is 332 g/mol. The van der Waals surface area contributed by atoms with Gasteiger partial charge in [0.05, 0.1) is 37.9 Å². The van der Waals surface area contributed by atoms with Crippen LogP contribution < -0.4 is 5.32 Å². The predicted molar refractivity (Wildman–Crippen MR) is 96.7 cm³/mol. The minimum atomic E-state index is -0.461. The Morgan fingerprint density at radius 2 is 2.08 bits per heavy atom. The maximum atomic E-state index is 12.8. The standard InChI is InChI=1S/C20H28N2O4/c23-16-10-21-18-6-5-17(26-19(18)13-25-12-16)9-20(24)22-8-7-14-3-1-2-4-15(14)11-22/h1-4,16-19,21,23H,5-13H2/t16-,17-,18+,19-/m1/s1. The Kier molecular flexibility index (Phi) is 5.55. The highest BCUT2D eigenvalue weighted by Gasteiger charge is 2.34. The van der Waals surface area contributed by atoms with E-state index < -0.39 is 6.10 Å². The number of nitrogens with zero attached hydrogens (tertiary/aromatic N) is 1. The van der Waals surface area contributed by atoms with Crippen LogP contribution >= 0.6 is 0 Å². The number of hydrogen-bond acceptors (Lipinski definition) is 5. The van der Waals surface area contributed by atoms with Crippen LogP contribution in [0.5, 0.6) is 0 Å². The van der Waals surface area contributed by atoms with Crippen molar-refractivity contribution in [3.63, 3.8) is 0 Å². The quantitative estimate of drug-likeness (QED) is 0.819. The molecular formula is C20H28N2O4. The fraction of sp³-hybridized carbons (Fsp3) is 0.650. The Hall–Kier alpha value is -1.47. The third kappa shape index (κ3) is 4.09. The van der Waals surface area contributed by atoms with E-state index in [2.05, 4.69) is 23.5 Å². The van der Waals surface area contributed by atoms with Gasteiger partial charge in [0.15, 0.2) is 0 Å². The summed E-state index contributed by atoms with van der Waals surface area (Å²) >= 11 is 0. The van der Waals surface area contributed by atoms with Crippen molar-refractivity contribution in [3.05, 3.63) is 35.4 Å². The molecule has 142 valence electrons. The summed E-state index contributed by atoms with van der Waals surface area (Å²) in [4.78, 5) is 14.7. The number of nitrogens with one attached hydrogen (secondary N) is 1. The van der Waals surface area contributed by atoms with Crippen molar-refractivity contribution < 1.29 is 19.4 Å². The predicted octanol–water partition coefficient (Wildman–Crippen LogP) is 0.858. The van der Waals surface area contributed by atoms with Gasteiger partial charge >= 0.3 is 0 Å². The lowest BCUT2D eigenvalue weighted by Gasteiger charge is -2.39.